The molecule has 0 saturated heterocycles. The molecule has 0 saturated carbocycles. The first kappa shape index (κ1) is 14.4. The second-order valence-corrected chi connectivity index (χ2v) is 6.25. The minimum Gasteiger partial charge on any atom is -0.495 e. The van der Waals surface area contributed by atoms with Crippen molar-refractivity contribution in [1.29, 1.82) is 0 Å². The van der Waals surface area contributed by atoms with Gasteiger partial charge in [-0.25, -0.2) is 0 Å². The van der Waals surface area contributed by atoms with Crippen molar-refractivity contribution in [3.8, 4) is 17.0 Å². The Balaban J connectivity index is 2.38. The number of H-pyrrole nitrogens is 1. The third-order valence-electron chi connectivity index (χ3n) is 3.26. The van der Waals surface area contributed by atoms with Crippen LogP contribution in [0.5, 0.6) is 5.75 Å². The lowest BCUT2D eigenvalue weighted by Gasteiger charge is -2.11. The molecule has 3 rings (SSSR count). The van der Waals surface area contributed by atoms with Crippen LogP contribution >= 0.6 is 31.9 Å². The van der Waals surface area contributed by atoms with Gasteiger partial charge >= 0.3 is 0 Å². The fourth-order valence-corrected chi connectivity index (χ4v) is 3.73. The summed E-state index contributed by atoms with van der Waals surface area (Å²) in [4.78, 5) is 15.8. The number of aromatic nitrogens is 1. The third-order valence-corrected chi connectivity index (χ3v) is 4.47. The van der Waals surface area contributed by atoms with E-state index in [9.17, 15) is 4.79 Å². The largest absolute Gasteiger partial charge is 0.495 e. The van der Waals surface area contributed by atoms with Crippen LogP contribution in [0.25, 0.3) is 22.2 Å². The molecule has 2 aromatic carbocycles. The molecule has 3 aromatic rings. The van der Waals surface area contributed by atoms with E-state index in [0.29, 0.717) is 11.1 Å². The van der Waals surface area contributed by atoms with Gasteiger partial charge in [-0.1, -0.05) is 30.3 Å². The summed E-state index contributed by atoms with van der Waals surface area (Å²) in [5.41, 5.74) is 2.38. The van der Waals surface area contributed by atoms with Crippen LogP contribution in [0.15, 0.2) is 56.2 Å². The van der Waals surface area contributed by atoms with Gasteiger partial charge in [0.2, 0.25) is 0 Å². The van der Waals surface area contributed by atoms with Crippen LogP contribution in [0.3, 0.4) is 0 Å². The maximum atomic E-state index is 12.5. The highest BCUT2D eigenvalue weighted by molar-refractivity contribution is 9.11. The van der Waals surface area contributed by atoms with Gasteiger partial charge in [0.15, 0.2) is 5.43 Å². The number of pyridine rings is 1. The van der Waals surface area contributed by atoms with Crippen LogP contribution in [0.4, 0.5) is 0 Å². The van der Waals surface area contributed by atoms with Crippen LogP contribution in [-0.4, -0.2) is 12.1 Å². The number of hydrogen-bond donors (Lipinski definition) is 1. The fourth-order valence-electron chi connectivity index (χ4n) is 2.31. The normalized spacial score (nSPS) is 10.8. The van der Waals surface area contributed by atoms with Crippen LogP contribution < -0.4 is 10.2 Å². The maximum Gasteiger partial charge on any atom is 0.193 e. The standard InChI is InChI=1S/C16H11Br2NO2/c1-21-16-11(18)7-10(17)15-14(16)13(20)8-12(19-15)9-5-3-2-4-6-9/h2-8H,1H3,(H,19,20). The fraction of sp³-hybridized carbons (Fsp3) is 0.0625. The van der Waals surface area contributed by atoms with Gasteiger partial charge in [-0.2, -0.15) is 0 Å². The zero-order valence-corrected chi connectivity index (χ0v) is 14.3. The Morgan fingerprint density at radius 3 is 2.43 bits per heavy atom. The second-order valence-electron chi connectivity index (χ2n) is 4.54. The number of aromatic amines is 1. The topological polar surface area (TPSA) is 42.1 Å². The zero-order chi connectivity index (χ0) is 15.0. The molecule has 0 atom stereocenters. The van der Waals surface area contributed by atoms with Gasteiger partial charge in [-0.3, -0.25) is 4.79 Å². The summed E-state index contributed by atoms with van der Waals surface area (Å²) >= 11 is 6.91. The molecular formula is C16H11Br2NO2. The first-order chi connectivity index (χ1) is 10.1. The first-order valence-electron chi connectivity index (χ1n) is 6.26. The maximum absolute atomic E-state index is 12.5. The average Bonchev–Trinajstić information content (AvgIpc) is 2.49. The van der Waals surface area contributed by atoms with Gasteiger partial charge in [-0.05, 0) is 43.5 Å². The van der Waals surface area contributed by atoms with Crippen LogP contribution in [0, 0.1) is 0 Å². The number of halogens is 2. The molecule has 0 fully saturated rings. The molecule has 1 N–H and O–H groups in total. The Hall–Kier alpha value is -1.59. The molecule has 3 nitrogen and oxygen atoms in total. The summed E-state index contributed by atoms with van der Waals surface area (Å²) in [6.07, 6.45) is 0. The zero-order valence-electron chi connectivity index (χ0n) is 11.1. The Labute approximate surface area is 138 Å². The molecule has 1 heterocycles. The van der Waals surface area contributed by atoms with Crippen molar-refractivity contribution in [3.05, 3.63) is 61.6 Å². The van der Waals surface area contributed by atoms with Crippen molar-refractivity contribution < 1.29 is 4.74 Å². The summed E-state index contributed by atoms with van der Waals surface area (Å²) < 4.78 is 6.90. The lowest BCUT2D eigenvalue weighted by atomic mass is 10.1. The summed E-state index contributed by atoms with van der Waals surface area (Å²) in [5.74, 6) is 0.536. The monoisotopic (exact) mass is 407 g/mol. The molecule has 0 aliphatic carbocycles. The number of rotatable bonds is 2. The Kier molecular flexibility index (Phi) is 3.87. The third kappa shape index (κ3) is 2.51. The number of hydrogen-bond acceptors (Lipinski definition) is 2. The van der Waals surface area contributed by atoms with E-state index in [2.05, 4.69) is 36.8 Å². The molecular weight excluding hydrogens is 398 g/mol. The van der Waals surface area contributed by atoms with E-state index >= 15 is 0 Å². The Morgan fingerprint density at radius 1 is 1.05 bits per heavy atom. The van der Waals surface area contributed by atoms with Gasteiger partial charge in [0.05, 0.1) is 22.5 Å². The van der Waals surface area contributed by atoms with E-state index in [1.54, 1.807) is 13.2 Å². The van der Waals surface area contributed by atoms with E-state index < -0.39 is 0 Å². The number of ether oxygens (including phenoxy) is 1. The van der Waals surface area contributed by atoms with Crippen molar-refractivity contribution in [2.24, 2.45) is 0 Å². The molecule has 0 spiro atoms. The first-order valence-corrected chi connectivity index (χ1v) is 7.85. The van der Waals surface area contributed by atoms with Crippen molar-refractivity contribution in [2.75, 3.05) is 7.11 Å². The quantitative estimate of drug-likeness (QED) is 0.666. The van der Waals surface area contributed by atoms with Crippen LogP contribution in [0.2, 0.25) is 0 Å². The highest BCUT2D eigenvalue weighted by Gasteiger charge is 2.15. The SMILES string of the molecule is COc1c(Br)cc(Br)c2[nH]c(-c3ccccc3)cc(=O)c12. The summed E-state index contributed by atoms with van der Waals surface area (Å²) in [7, 11) is 1.55. The molecule has 21 heavy (non-hydrogen) atoms. The highest BCUT2D eigenvalue weighted by Crippen LogP contribution is 2.36. The van der Waals surface area contributed by atoms with E-state index in [0.717, 1.165) is 25.7 Å². The lowest BCUT2D eigenvalue weighted by Crippen LogP contribution is -2.06. The second kappa shape index (κ2) is 5.66. The predicted octanol–water partition coefficient (Wildman–Crippen LogP) is 4.73. The minimum absolute atomic E-state index is 0.0820. The number of fused-ring (bicyclic) bond motifs is 1. The number of methoxy groups -OCH3 is 1. The smallest absolute Gasteiger partial charge is 0.193 e. The Bertz CT molecular complexity index is 873. The molecule has 1 aromatic heterocycles. The van der Waals surface area contributed by atoms with E-state index in [4.69, 9.17) is 4.74 Å². The molecule has 5 heteroatoms. The summed E-state index contributed by atoms with van der Waals surface area (Å²) in [5, 5.41) is 0.526. The van der Waals surface area contributed by atoms with Gasteiger partial charge in [0.25, 0.3) is 0 Å². The van der Waals surface area contributed by atoms with Crippen LogP contribution in [-0.2, 0) is 0 Å². The van der Waals surface area contributed by atoms with Gasteiger partial charge < -0.3 is 9.72 Å². The van der Waals surface area contributed by atoms with Crippen molar-refractivity contribution >= 4 is 42.8 Å². The van der Waals surface area contributed by atoms with E-state index in [1.165, 1.54) is 0 Å². The molecule has 0 aliphatic heterocycles. The Morgan fingerprint density at radius 2 is 1.76 bits per heavy atom. The van der Waals surface area contributed by atoms with Crippen LogP contribution in [0.1, 0.15) is 0 Å². The number of nitrogens with one attached hydrogen (secondary N) is 1. The van der Waals surface area contributed by atoms with Crippen molar-refractivity contribution in [3.63, 3.8) is 0 Å². The molecule has 106 valence electrons. The molecule has 0 radical (unpaired) electrons. The molecule has 0 amide bonds. The summed E-state index contributed by atoms with van der Waals surface area (Å²) in [6, 6.07) is 13.2. The molecule has 0 bridgehead atoms. The van der Waals surface area contributed by atoms with E-state index in [-0.39, 0.29) is 5.43 Å². The van der Waals surface area contributed by atoms with Crippen molar-refractivity contribution in [1.82, 2.24) is 4.98 Å². The average molecular weight is 409 g/mol. The number of benzene rings is 2. The van der Waals surface area contributed by atoms with Crippen molar-refractivity contribution in [2.45, 2.75) is 0 Å². The highest BCUT2D eigenvalue weighted by atomic mass is 79.9. The van der Waals surface area contributed by atoms with Gasteiger partial charge in [0, 0.05) is 16.2 Å². The molecule has 0 aliphatic rings. The van der Waals surface area contributed by atoms with Gasteiger partial charge in [0.1, 0.15) is 5.75 Å². The molecule has 0 unspecified atom stereocenters. The summed E-state index contributed by atoms with van der Waals surface area (Å²) in [6.45, 7) is 0. The van der Waals surface area contributed by atoms with Gasteiger partial charge in [-0.15, -0.1) is 0 Å². The minimum atomic E-state index is -0.0820. The van der Waals surface area contributed by atoms with E-state index in [1.807, 2.05) is 36.4 Å². The lowest BCUT2D eigenvalue weighted by molar-refractivity contribution is 0.417. The predicted molar refractivity (Wildman–Crippen MR) is 92.0 cm³/mol.